The van der Waals surface area contributed by atoms with Crippen molar-refractivity contribution in [1.82, 2.24) is 0 Å². The first-order valence-corrected chi connectivity index (χ1v) is 9.56. The second-order valence-corrected chi connectivity index (χ2v) is 6.41. The second kappa shape index (κ2) is 9.85. The van der Waals surface area contributed by atoms with Crippen molar-refractivity contribution in [2.24, 2.45) is 0 Å². The van der Waals surface area contributed by atoms with Gasteiger partial charge in [-0.15, -0.1) is 0 Å². The lowest BCUT2D eigenvalue weighted by atomic mass is 10.1. The predicted octanol–water partition coefficient (Wildman–Crippen LogP) is 4.84. The van der Waals surface area contributed by atoms with Crippen LogP contribution in [0.3, 0.4) is 0 Å². The third-order valence-electron chi connectivity index (χ3n) is 4.67. The van der Waals surface area contributed by atoms with Gasteiger partial charge in [-0.05, 0) is 62.6 Å². The van der Waals surface area contributed by atoms with Crippen molar-refractivity contribution in [3.8, 4) is 0 Å². The summed E-state index contributed by atoms with van der Waals surface area (Å²) in [6, 6.07) is 14.4. The number of carbonyl (C=O) groups excluding carboxylic acids is 1. The Balaban J connectivity index is 1.86. The van der Waals surface area contributed by atoms with Gasteiger partial charge in [0.1, 0.15) is 0 Å². The second-order valence-electron chi connectivity index (χ2n) is 6.41. The van der Waals surface area contributed by atoms with Crippen LogP contribution < -0.4 is 15.5 Å². The van der Waals surface area contributed by atoms with Crippen LogP contribution in [-0.4, -0.2) is 25.5 Å². The fraction of sp³-hybridized carbons (Fsp3) is 0.409. The summed E-state index contributed by atoms with van der Waals surface area (Å²) in [6.45, 7) is 11.1. The predicted molar refractivity (Wildman–Crippen MR) is 112 cm³/mol. The molecule has 0 aliphatic heterocycles. The van der Waals surface area contributed by atoms with Crippen molar-refractivity contribution in [2.45, 2.75) is 40.5 Å². The van der Waals surface area contributed by atoms with Gasteiger partial charge in [-0.2, -0.15) is 0 Å². The third-order valence-corrected chi connectivity index (χ3v) is 4.67. The molecule has 0 aliphatic rings. The number of carbonyl (C=O) groups is 1. The number of para-hydroxylation sites is 1. The molecule has 4 nitrogen and oxygen atoms in total. The van der Waals surface area contributed by atoms with Crippen molar-refractivity contribution in [2.75, 3.05) is 35.2 Å². The van der Waals surface area contributed by atoms with Crippen LogP contribution in [0.1, 0.15) is 38.3 Å². The molecule has 0 radical (unpaired) electrons. The average Bonchev–Trinajstić information content (AvgIpc) is 2.65. The van der Waals surface area contributed by atoms with E-state index in [1.807, 2.05) is 12.1 Å². The average molecular weight is 354 g/mol. The molecule has 1 amide bonds. The van der Waals surface area contributed by atoms with Crippen molar-refractivity contribution in [3.05, 3.63) is 53.6 Å². The van der Waals surface area contributed by atoms with Crippen LogP contribution >= 0.6 is 0 Å². The number of hydrogen-bond donors (Lipinski definition) is 2. The summed E-state index contributed by atoms with van der Waals surface area (Å²) in [5, 5.41) is 6.40. The Morgan fingerprint density at radius 3 is 2.31 bits per heavy atom. The minimum absolute atomic E-state index is 0.0275. The van der Waals surface area contributed by atoms with Gasteiger partial charge in [0.05, 0.1) is 0 Å². The van der Waals surface area contributed by atoms with Crippen molar-refractivity contribution in [3.63, 3.8) is 0 Å². The zero-order chi connectivity index (χ0) is 18.9. The molecule has 2 rings (SSSR count). The molecule has 0 atom stereocenters. The smallest absolute Gasteiger partial charge is 0.226 e. The number of amides is 1. The van der Waals surface area contributed by atoms with E-state index >= 15 is 0 Å². The van der Waals surface area contributed by atoms with Crippen LogP contribution in [0.15, 0.2) is 42.5 Å². The van der Waals surface area contributed by atoms with Crippen molar-refractivity contribution >= 4 is 23.0 Å². The molecule has 140 valence electrons. The molecule has 0 unspecified atom stereocenters. The third kappa shape index (κ3) is 5.25. The Morgan fingerprint density at radius 1 is 1.00 bits per heavy atom. The molecule has 0 fully saturated rings. The Bertz CT molecular complexity index is 706. The molecule has 2 aromatic rings. The fourth-order valence-electron chi connectivity index (χ4n) is 3.14. The summed E-state index contributed by atoms with van der Waals surface area (Å²) < 4.78 is 0. The summed E-state index contributed by atoms with van der Waals surface area (Å²) in [6.07, 6.45) is 1.42. The Kier molecular flexibility index (Phi) is 7.52. The topological polar surface area (TPSA) is 44.4 Å². The van der Waals surface area contributed by atoms with E-state index in [1.54, 1.807) is 0 Å². The lowest BCUT2D eigenvalue weighted by molar-refractivity contribution is -0.115. The van der Waals surface area contributed by atoms with Gasteiger partial charge < -0.3 is 15.5 Å². The number of rotatable bonds is 9. The van der Waals surface area contributed by atoms with E-state index in [-0.39, 0.29) is 5.91 Å². The molecule has 26 heavy (non-hydrogen) atoms. The zero-order valence-corrected chi connectivity index (χ0v) is 16.4. The number of nitrogens with zero attached hydrogens (tertiary/aromatic N) is 1. The molecule has 0 heterocycles. The maximum atomic E-state index is 12.2. The maximum absolute atomic E-state index is 12.2. The van der Waals surface area contributed by atoms with Gasteiger partial charge >= 0.3 is 0 Å². The minimum atomic E-state index is 0.0275. The number of nitrogens with one attached hydrogen (secondary N) is 2. The molecule has 0 saturated carbocycles. The lowest BCUT2D eigenvalue weighted by Gasteiger charge is -2.21. The van der Waals surface area contributed by atoms with E-state index < -0.39 is 0 Å². The first-order valence-electron chi connectivity index (χ1n) is 9.56. The zero-order valence-electron chi connectivity index (χ0n) is 16.4. The first kappa shape index (κ1) is 19.8. The Morgan fingerprint density at radius 2 is 1.69 bits per heavy atom. The largest absolute Gasteiger partial charge is 0.384 e. The summed E-state index contributed by atoms with van der Waals surface area (Å²) in [5.41, 5.74) is 5.69. The first-order chi connectivity index (χ1) is 12.6. The lowest BCUT2D eigenvalue weighted by Crippen LogP contribution is -2.21. The highest BCUT2D eigenvalue weighted by atomic mass is 16.1. The van der Waals surface area contributed by atoms with E-state index in [2.05, 4.69) is 73.6 Å². The molecular formula is C22H31N3O. The Hall–Kier alpha value is -2.49. The maximum Gasteiger partial charge on any atom is 0.226 e. The van der Waals surface area contributed by atoms with Gasteiger partial charge in [0.2, 0.25) is 5.91 Å². The molecular weight excluding hydrogens is 322 g/mol. The van der Waals surface area contributed by atoms with Crippen LogP contribution in [0, 0.1) is 6.92 Å². The highest BCUT2D eigenvalue weighted by Crippen LogP contribution is 2.21. The van der Waals surface area contributed by atoms with Crippen molar-refractivity contribution < 1.29 is 4.79 Å². The molecule has 0 aromatic heterocycles. The van der Waals surface area contributed by atoms with E-state index in [9.17, 15) is 4.79 Å². The summed E-state index contributed by atoms with van der Waals surface area (Å²) in [5.74, 6) is 0.0275. The molecule has 2 N–H and O–H groups in total. The summed E-state index contributed by atoms with van der Waals surface area (Å²) >= 11 is 0. The van der Waals surface area contributed by atoms with Gasteiger partial charge in [0.15, 0.2) is 0 Å². The standard InChI is InChI=1S/C22H31N3O/c1-5-18-10-8-9-17(4)22(18)23-16-15-21(26)24-19-11-13-20(14-12-19)25(6-2)7-3/h8-14,23H,5-7,15-16H2,1-4H3,(H,24,26). The minimum Gasteiger partial charge on any atom is -0.384 e. The van der Waals surface area contributed by atoms with Gasteiger partial charge in [-0.3, -0.25) is 4.79 Å². The van der Waals surface area contributed by atoms with Gasteiger partial charge in [0, 0.05) is 43.1 Å². The number of hydrogen-bond acceptors (Lipinski definition) is 3. The highest BCUT2D eigenvalue weighted by Gasteiger charge is 2.07. The monoisotopic (exact) mass is 353 g/mol. The van der Waals surface area contributed by atoms with Crippen LogP contribution in [0.25, 0.3) is 0 Å². The van der Waals surface area contributed by atoms with Gasteiger partial charge in [0.25, 0.3) is 0 Å². The van der Waals surface area contributed by atoms with E-state index in [0.29, 0.717) is 13.0 Å². The van der Waals surface area contributed by atoms with E-state index in [0.717, 1.165) is 30.9 Å². The normalized spacial score (nSPS) is 10.5. The summed E-state index contributed by atoms with van der Waals surface area (Å²) in [4.78, 5) is 14.5. The fourth-order valence-corrected chi connectivity index (χ4v) is 3.14. The molecule has 2 aromatic carbocycles. The van der Waals surface area contributed by atoms with Crippen LogP contribution in [0.5, 0.6) is 0 Å². The Labute approximate surface area is 157 Å². The number of anilines is 3. The molecule has 0 spiro atoms. The quantitative estimate of drug-likeness (QED) is 0.678. The number of benzene rings is 2. The van der Waals surface area contributed by atoms with Gasteiger partial charge in [-0.1, -0.05) is 25.1 Å². The molecule has 0 bridgehead atoms. The summed E-state index contributed by atoms with van der Waals surface area (Å²) in [7, 11) is 0. The molecule has 4 heteroatoms. The van der Waals surface area contributed by atoms with Crippen LogP contribution in [-0.2, 0) is 11.2 Å². The van der Waals surface area contributed by atoms with Crippen molar-refractivity contribution in [1.29, 1.82) is 0 Å². The van der Waals surface area contributed by atoms with Crippen LogP contribution in [0.4, 0.5) is 17.1 Å². The SMILES string of the molecule is CCc1cccc(C)c1NCCC(=O)Nc1ccc(N(CC)CC)cc1. The van der Waals surface area contributed by atoms with Gasteiger partial charge in [-0.25, -0.2) is 0 Å². The molecule has 0 saturated heterocycles. The van der Waals surface area contributed by atoms with E-state index in [1.165, 1.54) is 16.8 Å². The highest BCUT2D eigenvalue weighted by molar-refractivity contribution is 5.91. The molecule has 0 aliphatic carbocycles. The number of aryl methyl sites for hydroxylation is 2. The van der Waals surface area contributed by atoms with Crippen LogP contribution in [0.2, 0.25) is 0 Å². The van der Waals surface area contributed by atoms with E-state index in [4.69, 9.17) is 0 Å².